The van der Waals surface area contributed by atoms with E-state index in [1.54, 1.807) is 18.5 Å². The second-order valence-electron chi connectivity index (χ2n) is 6.03. The summed E-state index contributed by atoms with van der Waals surface area (Å²) in [5, 5.41) is 12.8. The van der Waals surface area contributed by atoms with Gasteiger partial charge in [-0.1, -0.05) is 18.2 Å². The minimum atomic E-state index is -0.510. The van der Waals surface area contributed by atoms with Gasteiger partial charge in [0.2, 0.25) is 5.91 Å². The molecule has 1 fully saturated rings. The fraction of sp³-hybridized carbons (Fsp3) is 0.333. The Hall–Kier alpha value is -2.31. The number of halogens is 1. The number of nitrogens with zero attached hydrogens (tertiary/aromatic N) is 2. The minimum absolute atomic E-state index is 0.130. The first kappa shape index (κ1) is 16.5. The predicted molar refractivity (Wildman–Crippen MR) is 87.4 cm³/mol. The van der Waals surface area contributed by atoms with Gasteiger partial charge in [0.25, 0.3) is 0 Å². The largest absolute Gasteiger partial charge is 0.392 e. The van der Waals surface area contributed by atoms with Gasteiger partial charge in [0.15, 0.2) is 0 Å². The number of carbonyl (C=O) groups excluding carboxylic acids is 1. The zero-order chi connectivity index (χ0) is 16.9. The number of likely N-dealkylation sites (tertiary alicyclic amines) is 1. The quantitative estimate of drug-likeness (QED) is 0.875. The molecule has 2 unspecified atom stereocenters. The number of β-amino-alcohol motifs (C(OH)–C–C–N with tert-alkyl or cyclic N) is 1. The van der Waals surface area contributed by atoms with Gasteiger partial charge in [0, 0.05) is 31.5 Å². The van der Waals surface area contributed by atoms with Gasteiger partial charge in [0.1, 0.15) is 5.82 Å². The maximum absolute atomic E-state index is 13.4. The van der Waals surface area contributed by atoms with Crippen LogP contribution < -0.4 is 5.32 Å². The number of hydrogen-bond acceptors (Lipinski definition) is 4. The van der Waals surface area contributed by atoms with Crippen molar-refractivity contribution in [3.63, 3.8) is 0 Å². The van der Waals surface area contributed by atoms with E-state index >= 15 is 0 Å². The van der Waals surface area contributed by atoms with Gasteiger partial charge < -0.3 is 10.4 Å². The van der Waals surface area contributed by atoms with E-state index in [4.69, 9.17) is 0 Å². The summed E-state index contributed by atoms with van der Waals surface area (Å²) in [5.74, 6) is -0.441. The Kier molecular flexibility index (Phi) is 5.17. The lowest BCUT2D eigenvalue weighted by Gasteiger charge is -2.23. The summed E-state index contributed by atoms with van der Waals surface area (Å²) in [6, 6.07) is 9.88. The number of rotatable bonds is 5. The number of aliphatic hydroxyl groups excluding tert-OH is 1. The lowest BCUT2D eigenvalue weighted by atomic mass is 10.0. The number of aromatic nitrogens is 1. The normalized spacial score (nSPS) is 20.9. The van der Waals surface area contributed by atoms with Crippen molar-refractivity contribution in [1.82, 2.24) is 15.2 Å². The molecule has 2 N–H and O–H groups in total. The third-order valence-corrected chi connectivity index (χ3v) is 4.17. The average molecular weight is 329 g/mol. The van der Waals surface area contributed by atoms with Gasteiger partial charge in [-0.15, -0.1) is 0 Å². The molecule has 0 spiro atoms. The standard InChI is InChI=1S/C18H20FN3O2/c19-15-5-1-4-14(7-15)17-8-16(23)11-22(17)12-18(24)21-10-13-3-2-6-20-9-13/h1-7,9,16-17,23H,8,10-12H2,(H,21,24). The molecule has 126 valence electrons. The van der Waals surface area contributed by atoms with E-state index in [-0.39, 0.29) is 24.3 Å². The molecule has 1 aromatic heterocycles. The van der Waals surface area contributed by atoms with E-state index in [0.29, 0.717) is 19.5 Å². The Balaban J connectivity index is 1.61. The van der Waals surface area contributed by atoms with Gasteiger partial charge in [0.05, 0.1) is 12.6 Å². The average Bonchev–Trinajstić information content (AvgIpc) is 2.94. The fourth-order valence-electron chi connectivity index (χ4n) is 3.06. The molecule has 1 aliphatic rings. The molecule has 5 nitrogen and oxygen atoms in total. The highest BCUT2D eigenvalue weighted by molar-refractivity contribution is 5.78. The molecular formula is C18H20FN3O2. The first-order valence-corrected chi connectivity index (χ1v) is 7.95. The molecule has 6 heteroatoms. The number of amides is 1. The second-order valence-corrected chi connectivity index (χ2v) is 6.03. The van der Waals surface area contributed by atoms with Crippen molar-refractivity contribution in [2.24, 2.45) is 0 Å². The number of benzene rings is 1. The van der Waals surface area contributed by atoms with Gasteiger partial charge in [-0.05, 0) is 35.7 Å². The van der Waals surface area contributed by atoms with Crippen molar-refractivity contribution in [3.8, 4) is 0 Å². The molecule has 0 bridgehead atoms. The van der Waals surface area contributed by atoms with Crippen LogP contribution in [0, 0.1) is 5.82 Å². The molecule has 2 heterocycles. The van der Waals surface area contributed by atoms with Crippen LogP contribution >= 0.6 is 0 Å². The Bertz CT molecular complexity index is 696. The molecule has 3 rings (SSSR count). The fourth-order valence-corrected chi connectivity index (χ4v) is 3.06. The summed E-state index contributed by atoms with van der Waals surface area (Å²) in [7, 11) is 0. The Morgan fingerprint density at radius 3 is 3.00 bits per heavy atom. The van der Waals surface area contributed by atoms with Crippen molar-refractivity contribution < 1.29 is 14.3 Å². The second kappa shape index (κ2) is 7.51. The van der Waals surface area contributed by atoms with E-state index in [1.807, 2.05) is 23.1 Å². The van der Waals surface area contributed by atoms with Crippen LogP contribution in [0.5, 0.6) is 0 Å². The smallest absolute Gasteiger partial charge is 0.234 e. The van der Waals surface area contributed by atoms with E-state index in [1.165, 1.54) is 12.1 Å². The highest BCUT2D eigenvalue weighted by atomic mass is 19.1. The first-order valence-electron chi connectivity index (χ1n) is 7.95. The van der Waals surface area contributed by atoms with Crippen molar-refractivity contribution in [1.29, 1.82) is 0 Å². The third-order valence-electron chi connectivity index (χ3n) is 4.17. The molecule has 0 radical (unpaired) electrons. The van der Waals surface area contributed by atoms with Crippen LogP contribution in [0.4, 0.5) is 4.39 Å². The Labute approximate surface area is 140 Å². The Morgan fingerprint density at radius 1 is 1.38 bits per heavy atom. The van der Waals surface area contributed by atoms with Crippen molar-refractivity contribution in [2.45, 2.75) is 25.1 Å². The van der Waals surface area contributed by atoms with E-state index in [2.05, 4.69) is 10.3 Å². The molecule has 1 aliphatic heterocycles. The number of pyridine rings is 1. The highest BCUT2D eigenvalue weighted by Gasteiger charge is 2.33. The van der Waals surface area contributed by atoms with Gasteiger partial charge in [-0.3, -0.25) is 14.7 Å². The molecule has 0 aliphatic carbocycles. The number of nitrogens with one attached hydrogen (secondary N) is 1. The zero-order valence-electron chi connectivity index (χ0n) is 13.2. The summed E-state index contributed by atoms with van der Waals surface area (Å²) >= 11 is 0. The first-order chi connectivity index (χ1) is 11.6. The van der Waals surface area contributed by atoms with Crippen molar-refractivity contribution in [2.75, 3.05) is 13.1 Å². The lowest BCUT2D eigenvalue weighted by Crippen LogP contribution is -2.37. The van der Waals surface area contributed by atoms with Crippen molar-refractivity contribution in [3.05, 3.63) is 65.7 Å². The van der Waals surface area contributed by atoms with Gasteiger partial charge >= 0.3 is 0 Å². The van der Waals surface area contributed by atoms with Crippen LogP contribution in [-0.4, -0.2) is 40.1 Å². The van der Waals surface area contributed by atoms with Gasteiger partial charge in [-0.2, -0.15) is 0 Å². The number of carbonyl (C=O) groups is 1. The van der Waals surface area contributed by atoms with E-state index < -0.39 is 6.10 Å². The zero-order valence-corrected chi connectivity index (χ0v) is 13.2. The molecular weight excluding hydrogens is 309 g/mol. The van der Waals surface area contributed by atoms with Crippen LogP contribution in [0.3, 0.4) is 0 Å². The minimum Gasteiger partial charge on any atom is -0.392 e. The third kappa shape index (κ3) is 4.15. The summed E-state index contributed by atoms with van der Waals surface area (Å²) in [6.45, 7) is 0.980. The monoisotopic (exact) mass is 329 g/mol. The van der Waals surface area contributed by atoms with E-state index in [0.717, 1.165) is 11.1 Å². The maximum Gasteiger partial charge on any atom is 0.234 e. The SMILES string of the molecule is O=C(CN1CC(O)CC1c1cccc(F)c1)NCc1cccnc1. The number of hydrogen-bond donors (Lipinski definition) is 2. The van der Waals surface area contributed by atoms with Crippen LogP contribution in [0.1, 0.15) is 23.6 Å². The molecule has 1 amide bonds. The molecule has 2 atom stereocenters. The van der Waals surface area contributed by atoms with Crippen LogP contribution in [0.2, 0.25) is 0 Å². The van der Waals surface area contributed by atoms with E-state index in [9.17, 15) is 14.3 Å². The van der Waals surface area contributed by atoms with Crippen LogP contribution in [0.25, 0.3) is 0 Å². The number of aliphatic hydroxyl groups is 1. The summed E-state index contributed by atoms with van der Waals surface area (Å²) in [6.07, 6.45) is 3.37. The molecule has 1 aromatic carbocycles. The molecule has 0 saturated carbocycles. The summed E-state index contributed by atoms with van der Waals surface area (Å²) < 4.78 is 13.4. The maximum atomic E-state index is 13.4. The van der Waals surface area contributed by atoms with Crippen LogP contribution in [-0.2, 0) is 11.3 Å². The van der Waals surface area contributed by atoms with Crippen LogP contribution in [0.15, 0.2) is 48.8 Å². The molecule has 1 saturated heterocycles. The predicted octanol–water partition coefficient (Wildman–Crippen LogP) is 1.64. The van der Waals surface area contributed by atoms with Crippen molar-refractivity contribution >= 4 is 5.91 Å². The highest BCUT2D eigenvalue weighted by Crippen LogP contribution is 2.32. The molecule has 24 heavy (non-hydrogen) atoms. The summed E-state index contributed by atoms with van der Waals surface area (Å²) in [5.41, 5.74) is 1.71. The lowest BCUT2D eigenvalue weighted by molar-refractivity contribution is -0.122. The Morgan fingerprint density at radius 2 is 2.25 bits per heavy atom. The topological polar surface area (TPSA) is 65.5 Å². The molecule has 2 aromatic rings. The summed E-state index contributed by atoms with van der Waals surface area (Å²) in [4.78, 5) is 18.1. The van der Waals surface area contributed by atoms with Gasteiger partial charge in [-0.25, -0.2) is 4.39 Å².